The summed E-state index contributed by atoms with van der Waals surface area (Å²) in [6, 6.07) is 11.8. The smallest absolute Gasteiger partial charge is 0.238 e. The summed E-state index contributed by atoms with van der Waals surface area (Å²) in [5.41, 5.74) is 3.26. The molecule has 0 spiro atoms. The van der Waals surface area contributed by atoms with Crippen molar-refractivity contribution in [2.24, 2.45) is 0 Å². The standard InChI is InChI=1S/C28H29BrClN5O3S/c1-16-8-18(13-31)9-17(2)26(16)38-27-24(29)14-32-28(34-27)33-20-10-21-5-6-22(11-20)35(21)15-19-4-7-23(12-25(19)30)39(3,36)37/h4,7-9,12,14,20-22H,5-6,10-11,15H2,1-3H3,(H,32,33,34)/t21-,22-/m1/s1. The van der Waals surface area contributed by atoms with Crippen molar-refractivity contribution in [2.45, 2.75) is 69.1 Å². The first-order chi connectivity index (χ1) is 18.5. The summed E-state index contributed by atoms with van der Waals surface area (Å²) < 4.78 is 30.5. The highest BCUT2D eigenvalue weighted by atomic mass is 79.9. The predicted molar refractivity (Wildman–Crippen MR) is 154 cm³/mol. The Hall–Kier alpha value is -2.71. The Morgan fingerprint density at radius 1 is 1.18 bits per heavy atom. The lowest BCUT2D eigenvalue weighted by atomic mass is 9.96. The fourth-order valence-corrected chi connectivity index (χ4v) is 6.91. The molecule has 2 aromatic carbocycles. The van der Waals surface area contributed by atoms with E-state index in [-0.39, 0.29) is 10.9 Å². The van der Waals surface area contributed by atoms with Gasteiger partial charge in [0.1, 0.15) is 5.75 Å². The molecule has 11 heteroatoms. The van der Waals surface area contributed by atoms with Crippen LogP contribution in [0.15, 0.2) is 45.9 Å². The van der Waals surface area contributed by atoms with Crippen LogP contribution in [0.5, 0.6) is 11.6 Å². The largest absolute Gasteiger partial charge is 0.437 e. The van der Waals surface area contributed by atoms with Gasteiger partial charge in [0.15, 0.2) is 9.84 Å². The number of aryl methyl sites for hydroxylation is 2. The van der Waals surface area contributed by atoms with Gasteiger partial charge in [-0.2, -0.15) is 10.2 Å². The van der Waals surface area contributed by atoms with E-state index in [1.54, 1.807) is 30.5 Å². The lowest BCUT2D eigenvalue weighted by Crippen LogP contribution is -2.46. The SMILES string of the molecule is Cc1cc(C#N)cc(C)c1Oc1nc(NC2C[C@H]3CC[C@H](C2)N3Cc2ccc(S(C)(=O)=O)cc2Cl)ncc1Br. The third-order valence-electron chi connectivity index (χ3n) is 7.52. The summed E-state index contributed by atoms with van der Waals surface area (Å²) in [7, 11) is -3.29. The van der Waals surface area contributed by atoms with Crippen LogP contribution in [0.4, 0.5) is 5.95 Å². The van der Waals surface area contributed by atoms with Gasteiger partial charge in [-0.05, 0) is 96.4 Å². The van der Waals surface area contributed by atoms with Gasteiger partial charge in [0.25, 0.3) is 0 Å². The number of aromatic nitrogens is 2. The Bertz CT molecular complexity index is 1540. The van der Waals surface area contributed by atoms with Gasteiger partial charge in [-0.3, -0.25) is 4.90 Å². The van der Waals surface area contributed by atoms with Crippen LogP contribution in [0.1, 0.15) is 47.9 Å². The highest BCUT2D eigenvalue weighted by Gasteiger charge is 2.41. The van der Waals surface area contributed by atoms with Crippen molar-refractivity contribution in [1.82, 2.24) is 14.9 Å². The van der Waals surface area contributed by atoms with Gasteiger partial charge in [0.2, 0.25) is 11.8 Å². The molecule has 2 bridgehead atoms. The van der Waals surface area contributed by atoms with E-state index in [9.17, 15) is 13.7 Å². The average molecular weight is 631 g/mol. The van der Waals surface area contributed by atoms with Crippen LogP contribution in [0.3, 0.4) is 0 Å². The normalized spacial score (nSPS) is 21.0. The van der Waals surface area contributed by atoms with E-state index in [4.69, 9.17) is 16.3 Å². The van der Waals surface area contributed by atoms with Crippen LogP contribution in [0.2, 0.25) is 5.02 Å². The molecule has 1 aromatic heterocycles. The summed E-state index contributed by atoms with van der Waals surface area (Å²) in [6.07, 6.45) is 6.97. The highest BCUT2D eigenvalue weighted by Crippen LogP contribution is 2.39. The van der Waals surface area contributed by atoms with E-state index in [0.29, 0.717) is 51.3 Å². The quantitative estimate of drug-likeness (QED) is 0.330. The van der Waals surface area contributed by atoms with E-state index in [2.05, 4.69) is 42.2 Å². The molecular weight excluding hydrogens is 602 g/mol. The molecule has 0 saturated carbocycles. The van der Waals surface area contributed by atoms with E-state index in [1.807, 2.05) is 19.9 Å². The van der Waals surface area contributed by atoms with Gasteiger partial charge < -0.3 is 10.1 Å². The number of anilines is 1. The van der Waals surface area contributed by atoms with Crippen LogP contribution in [0.25, 0.3) is 0 Å². The fraction of sp³-hybridized carbons (Fsp3) is 0.393. The maximum atomic E-state index is 11.9. The van der Waals surface area contributed by atoms with Crippen molar-refractivity contribution in [3.63, 3.8) is 0 Å². The van der Waals surface area contributed by atoms with Gasteiger partial charge in [-0.25, -0.2) is 13.4 Å². The number of nitrogens with one attached hydrogen (secondary N) is 1. The molecule has 5 rings (SSSR count). The molecule has 0 aliphatic carbocycles. The van der Waals surface area contributed by atoms with E-state index >= 15 is 0 Å². The molecule has 2 fully saturated rings. The van der Waals surface area contributed by atoms with Crippen molar-refractivity contribution in [2.75, 3.05) is 11.6 Å². The van der Waals surface area contributed by atoms with Gasteiger partial charge in [-0.15, -0.1) is 0 Å². The summed E-state index contributed by atoms with van der Waals surface area (Å²) in [5, 5.41) is 13.2. The molecule has 2 atom stereocenters. The number of rotatable bonds is 7. The van der Waals surface area contributed by atoms with Crippen molar-refractivity contribution >= 4 is 43.3 Å². The fourth-order valence-electron chi connectivity index (χ4n) is 5.68. The molecule has 2 aliphatic rings. The van der Waals surface area contributed by atoms with Gasteiger partial charge in [0, 0.05) is 35.9 Å². The van der Waals surface area contributed by atoms with Crippen LogP contribution in [-0.4, -0.2) is 47.7 Å². The molecule has 3 aromatic rings. The van der Waals surface area contributed by atoms with Crippen molar-refractivity contribution in [1.29, 1.82) is 5.26 Å². The molecule has 2 saturated heterocycles. The summed E-state index contributed by atoms with van der Waals surface area (Å²) >= 11 is 9.98. The number of fused-ring (bicyclic) bond motifs is 2. The number of sulfone groups is 1. The first kappa shape index (κ1) is 27.8. The number of hydrogen-bond acceptors (Lipinski definition) is 8. The first-order valence-electron chi connectivity index (χ1n) is 12.7. The number of ether oxygens (including phenoxy) is 1. The van der Waals surface area contributed by atoms with E-state index in [1.165, 1.54) is 6.26 Å². The third kappa shape index (κ3) is 6.07. The number of benzene rings is 2. The predicted octanol–water partition coefficient (Wildman–Crippen LogP) is 6.18. The Morgan fingerprint density at radius 3 is 2.44 bits per heavy atom. The monoisotopic (exact) mass is 629 g/mol. The molecular formula is C28H29BrClN5O3S. The van der Waals surface area contributed by atoms with E-state index < -0.39 is 9.84 Å². The third-order valence-corrected chi connectivity index (χ3v) is 9.53. The second kappa shape index (κ2) is 11.0. The zero-order valence-electron chi connectivity index (χ0n) is 21.9. The van der Waals surface area contributed by atoms with Crippen LogP contribution < -0.4 is 10.1 Å². The minimum Gasteiger partial charge on any atom is -0.437 e. The second-order valence-corrected chi connectivity index (χ2v) is 13.7. The van der Waals surface area contributed by atoms with Gasteiger partial charge in [0.05, 0.1) is 27.2 Å². The van der Waals surface area contributed by atoms with Crippen LogP contribution >= 0.6 is 27.5 Å². The molecule has 2 aliphatic heterocycles. The van der Waals surface area contributed by atoms with Crippen molar-refractivity contribution in [3.05, 3.63) is 68.3 Å². The molecule has 0 unspecified atom stereocenters. The second-order valence-electron chi connectivity index (χ2n) is 10.4. The highest BCUT2D eigenvalue weighted by molar-refractivity contribution is 9.10. The minimum absolute atomic E-state index is 0.217. The van der Waals surface area contributed by atoms with Crippen molar-refractivity contribution in [3.8, 4) is 17.7 Å². The van der Waals surface area contributed by atoms with Gasteiger partial charge >= 0.3 is 0 Å². The Kier molecular flexibility index (Phi) is 7.89. The Balaban J connectivity index is 1.27. The van der Waals surface area contributed by atoms with Crippen molar-refractivity contribution < 1.29 is 13.2 Å². The Morgan fingerprint density at radius 2 is 1.85 bits per heavy atom. The molecule has 0 amide bonds. The number of piperidine rings is 1. The van der Waals surface area contributed by atoms with Gasteiger partial charge in [-0.1, -0.05) is 17.7 Å². The zero-order chi connectivity index (χ0) is 27.9. The number of hydrogen-bond donors (Lipinski definition) is 1. The summed E-state index contributed by atoms with van der Waals surface area (Å²) in [6.45, 7) is 4.52. The Labute approximate surface area is 242 Å². The molecule has 3 heterocycles. The molecule has 0 radical (unpaired) electrons. The maximum Gasteiger partial charge on any atom is 0.238 e. The minimum atomic E-state index is -3.29. The topological polar surface area (TPSA) is 108 Å². The number of halogens is 2. The summed E-state index contributed by atoms with van der Waals surface area (Å²) in [4.78, 5) is 11.9. The zero-order valence-corrected chi connectivity index (χ0v) is 25.1. The van der Waals surface area contributed by atoms with Crippen LogP contribution in [0, 0.1) is 25.2 Å². The number of nitriles is 1. The average Bonchev–Trinajstić information content (AvgIpc) is 3.10. The van der Waals surface area contributed by atoms with E-state index in [0.717, 1.165) is 42.4 Å². The number of nitrogens with zero attached hydrogens (tertiary/aromatic N) is 4. The lowest BCUT2D eigenvalue weighted by Gasteiger charge is -2.39. The molecule has 8 nitrogen and oxygen atoms in total. The molecule has 39 heavy (non-hydrogen) atoms. The lowest BCUT2D eigenvalue weighted by molar-refractivity contribution is 0.124. The maximum absolute atomic E-state index is 11.9. The molecule has 1 N–H and O–H groups in total. The first-order valence-corrected chi connectivity index (χ1v) is 15.8. The van der Waals surface area contributed by atoms with Crippen LogP contribution in [-0.2, 0) is 16.4 Å². The molecule has 204 valence electrons. The summed E-state index contributed by atoms with van der Waals surface area (Å²) in [5.74, 6) is 1.60.